The molecule has 0 fully saturated rings. The third kappa shape index (κ3) is 29.2. The zero-order chi connectivity index (χ0) is 13.8. The van der Waals surface area contributed by atoms with Crippen molar-refractivity contribution in [1.82, 2.24) is 0 Å². The van der Waals surface area contributed by atoms with E-state index in [2.05, 4.69) is 20.8 Å². The molecule has 0 aromatic rings. The summed E-state index contributed by atoms with van der Waals surface area (Å²) >= 11 is 0. The van der Waals surface area contributed by atoms with Gasteiger partial charge in [0.15, 0.2) is 0 Å². The van der Waals surface area contributed by atoms with Crippen LogP contribution in [0, 0.1) is 5.92 Å². The Bertz CT molecular complexity index is 156. The Labute approximate surface area is 94.3 Å². The number of carboxylic acids is 1. The molecule has 0 rings (SSSR count). The number of aliphatic carboxylic acids is 1. The van der Waals surface area contributed by atoms with Crippen LogP contribution in [-0.4, -0.2) is 29.0 Å². The van der Waals surface area contributed by atoms with E-state index in [1.807, 2.05) is 0 Å². The molecule has 0 amide bonds. The van der Waals surface area contributed by atoms with Crippen LogP contribution in [0.4, 0.5) is 13.2 Å². The van der Waals surface area contributed by atoms with Crippen LogP contribution >= 0.6 is 0 Å². The zero-order valence-electron chi connectivity index (χ0n) is 10.1. The van der Waals surface area contributed by atoms with Crippen molar-refractivity contribution in [1.29, 1.82) is 0 Å². The lowest BCUT2D eigenvalue weighted by Crippen LogP contribution is -2.21. The van der Waals surface area contributed by atoms with Crippen molar-refractivity contribution < 1.29 is 28.2 Å². The van der Waals surface area contributed by atoms with Crippen LogP contribution < -0.4 is 0 Å². The van der Waals surface area contributed by atoms with Gasteiger partial charge in [-0.25, -0.2) is 4.79 Å². The Morgan fingerprint density at radius 1 is 1.25 bits per heavy atom. The summed E-state index contributed by atoms with van der Waals surface area (Å²) in [5.74, 6) is -1.86. The van der Waals surface area contributed by atoms with Gasteiger partial charge in [-0.2, -0.15) is 13.2 Å². The lowest BCUT2D eigenvalue weighted by molar-refractivity contribution is -0.192. The second kappa shape index (κ2) is 12.3. The summed E-state index contributed by atoms with van der Waals surface area (Å²) in [5.41, 5.74) is 0. The second-order valence-electron chi connectivity index (χ2n) is 3.30. The van der Waals surface area contributed by atoms with E-state index >= 15 is 0 Å². The number of hydrogen-bond acceptors (Lipinski definition) is 2. The van der Waals surface area contributed by atoms with Gasteiger partial charge >= 0.3 is 12.1 Å². The van der Waals surface area contributed by atoms with E-state index in [1.54, 1.807) is 6.92 Å². The normalized spacial score (nSPS) is 9.81. The maximum absolute atomic E-state index is 10.6. The second-order valence-corrected chi connectivity index (χ2v) is 3.30. The monoisotopic (exact) mass is 246 g/mol. The van der Waals surface area contributed by atoms with Crippen LogP contribution in [-0.2, 0) is 4.79 Å². The van der Waals surface area contributed by atoms with Gasteiger partial charge < -0.3 is 10.2 Å². The molecule has 0 bridgehead atoms. The number of halogens is 3. The first-order chi connectivity index (χ1) is 7.13. The van der Waals surface area contributed by atoms with Gasteiger partial charge in [-0.05, 0) is 12.8 Å². The van der Waals surface area contributed by atoms with Gasteiger partial charge in [0.25, 0.3) is 0 Å². The van der Waals surface area contributed by atoms with Gasteiger partial charge in [-0.1, -0.05) is 33.6 Å². The average Bonchev–Trinajstić information content (AvgIpc) is 2.03. The zero-order valence-corrected chi connectivity index (χ0v) is 10.1. The molecule has 100 valence electrons. The highest BCUT2D eigenvalue weighted by Crippen LogP contribution is 2.13. The number of alkyl halides is 3. The highest BCUT2D eigenvalue weighted by Gasteiger charge is 2.38. The summed E-state index contributed by atoms with van der Waals surface area (Å²) in [6.07, 6.45) is -2.38. The first kappa shape index (κ1) is 20.6. The van der Waals surface area contributed by atoms with Gasteiger partial charge in [0.2, 0.25) is 0 Å². The fourth-order valence-electron chi connectivity index (χ4n) is 0.577. The number of rotatable bonds is 2. The molecule has 2 N–H and O–H groups in total. The minimum atomic E-state index is -5.08. The summed E-state index contributed by atoms with van der Waals surface area (Å²) in [6, 6.07) is 0. The third-order valence-corrected chi connectivity index (χ3v) is 1.11. The molecule has 0 aromatic heterocycles. The topological polar surface area (TPSA) is 57.5 Å². The van der Waals surface area contributed by atoms with Crippen LogP contribution in [0.1, 0.15) is 40.5 Å². The van der Waals surface area contributed by atoms with Gasteiger partial charge in [-0.15, -0.1) is 0 Å². The molecule has 0 atom stereocenters. The molecule has 0 aliphatic rings. The SMILES string of the molecule is CCCC(C)C.CCO.O=C(O)C(F)(F)F. The molecule has 0 radical (unpaired) electrons. The number of carboxylic acid groups (broad SMARTS) is 1. The van der Waals surface area contributed by atoms with Crippen LogP contribution in [0.15, 0.2) is 0 Å². The van der Waals surface area contributed by atoms with Gasteiger partial charge in [0.05, 0.1) is 0 Å². The van der Waals surface area contributed by atoms with Crippen molar-refractivity contribution >= 4 is 5.97 Å². The number of carbonyl (C=O) groups is 1. The number of aliphatic hydroxyl groups is 1. The number of aliphatic hydroxyl groups excluding tert-OH is 1. The summed E-state index contributed by atoms with van der Waals surface area (Å²) < 4.78 is 31.7. The van der Waals surface area contributed by atoms with E-state index in [9.17, 15) is 13.2 Å². The van der Waals surface area contributed by atoms with Crippen molar-refractivity contribution in [2.75, 3.05) is 6.61 Å². The molecular formula is C10H21F3O3. The van der Waals surface area contributed by atoms with E-state index in [1.165, 1.54) is 12.8 Å². The maximum Gasteiger partial charge on any atom is 0.490 e. The van der Waals surface area contributed by atoms with Crippen molar-refractivity contribution in [3.63, 3.8) is 0 Å². The third-order valence-electron chi connectivity index (χ3n) is 1.11. The lowest BCUT2D eigenvalue weighted by atomic mass is 10.1. The minimum absolute atomic E-state index is 0.250. The molecule has 0 saturated heterocycles. The Kier molecular flexibility index (Phi) is 15.8. The van der Waals surface area contributed by atoms with E-state index in [4.69, 9.17) is 15.0 Å². The highest BCUT2D eigenvalue weighted by molar-refractivity contribution is 5.73. The molecule has 0 spiro atoms. The smallest absolute Gasteiger partial charge is 0.475 e. The molecule has 0 aliphatic carbocycles. The minimum Gasteiger partial charge on any atom is -0.475 e. The van der Waals surface area contributed by atoms with E-state index in [-0.39, 0.29) is 6.61 Å². The molecule has 3 nitrogen and oxygen atoms in total. The predicted octanol–water partition coefficient (Wildman–Crippen LogP) is 3.07. The summed E-state index contributed by atoms with van der Waals surface area (Å²) in [5, 5.41) is 14.7. The van der Waals surface area contributed by atoms with Gasteiger partial charge in [0, 0.05) is 6.61 Å². The highest BCUT2D eigenvalue weighted by atomic mass is 19.4. The van der Waals surface area contributed by atoms with E-state index in [0.29, 0.717) is 0 Å². The Hall–Kier alpha value is -0.780. The van der Waals surface area contributed by atoms with Crippen LogP contribution in [0.2, 0.25) is 0 Å². The molecule has 0 heterocycles. The van der Waals surface area contributed by atoms with Crippen molar-refractivity contribution in [3.05, 3.63) is 0 Å². The Morgan fingerprint density at radius 3 is 1.50 bits per heavy atom. The molecule has 6 heteroatoms. The standard InChI is InChI=1S/C6H14.C2HF3O2.C2H6O/c1-4-5-6(2)3;3-2(4,5)1(6)7;1-2-3/h6H,4-5H2,1-3H3;(H,6,7);3H,2H2,1H3. The molecule has 0 aromatic carbocycles. The molecule has 0 unspecified atom stereocenters. The first-order valence-electron chi connectivity index (χ1n) is 5.04. The summed E-state index contributed by atoms with van der Waals surface area (Å²) in [6.45, 7) is 8.66. The predicted molar refractivity (Wildman–Crippen MR) is 56.2 cm³/mol. The fraction of sp³-hybridized carbons (Fsp3) is 0.900. The van der Waals surface area contributed by atoms with E-state index in [0.717, 1.165) is 5.92 Å². The fourth-order valence-corrected chi connectivity index (χ4v) is 0.577. The van der Waals surface area contributed by atoms with Crippen molar-refractivity contribution in [2.24, 2.45) is 5.92 Å². The molecule has 0 aliphatic heterocycles. The van der Waals surface area contributed by atoms with Crippen LogP contribution in [0.5, 0.6) is 0 Å². The molecular weight excluding hydrogens is 225 g/mol. The van der Waals surface area contributed by atoms with Crippen molar-refractivity contribution in [2.45, 2.75) is 46.7 Å². The Balaban J connectivity index is -0.000000172. The maximum atomic E-state index is 10.6. The quantitative estimate of drug-likeness (QED) is 0.787. The molecule has 0 saturated carbocycles. The number of hydrogen-bond donors (Lipinski definition) is 2. The van der Waals surface area contributed by atoms with Crippen LogP contribution in [0.25, 0.3) is 0 Å². The van der Waals surface area contributed by atoms with Gasteiger partial charge in [-0.3, -0.25) is 0 Å². The average molecular weight is 246 g/mol. The Morgan fingerprint density at radius 2 is 1.50 bits per heavy atom. The summed E-state index contributed by atoms with van der Waals surface area (Å²) in [7, 11) is 0. The lowest BCUT2D eigenvalue weighted by Gasteiger charge is -1.95. The van der Waals surface area contributed by atoms with Gasteiger partial charge in [0.1, 0.15) is 0 Å². The van der Waals surface area contributed by atoms with Crippen LogP contribution in [0.3, 0.4) is 0 Å². The molecule has 16 heavy (non-hydrogen) atoms. The summed E-state index contributed by atoms with van der Waals surface area (Å²) in [4.78, 5) is 8.90. The van der Waals surface area contributed by atoms with E-state index < -0.39 is 12.1 Å². The van der Waals surface area contributed by atoms with Crippen molar-refractivity contribution in [3.8, 4) is 0 Å². The first-order valence-corrected chi connectivity index (χ1v) is 5.04. The largest absolute Gasteiger partial charge is 0.490 e.